The number of aliphatic imine (C=N–C) groups is 1. The predicted molar refractivity (Wildman–Crippen MR) is 95.8 cm³/mol. The first kappa shape index (κ1) is 17.3. The van der Waals surface area contributed by atoms with Crippen molar-refractivity contribution in [3.05, 3.63) is 16.1 Å². The van der Waals surface area contributed by atoms with Gasteiger partial charge in [0.25, 0.3) is 0 Å². The van der Waals surface area contributed by atoms with Crippen LogP contribution in [0.5, 0.6) is 0 Å². The van der Waals surface area contributed by atoms with Gasteiger partial charge in [0.15, 0.2) is 5.96 Å². The second-order valence-corrected chi connectivity index (χ2v) is 7.24. The van der Waals surface area contributed by atoms with E-state index < -0.39 is 0 Å². The largest absolute Gasteiger partial charge is 0.356 e. The van der Waals surface area contributed by atoms with Crippen molar-refractivity contribution in [2.24, 2.45) is 10.9 Å². The Balaban J connectivity index is 1.60. The summed E-state index contributed by atoms with van der Waals surface area (Å²) in [5, 5.41) is 8.04. The molecular weight excluding hydrogens is 292 g/mol. The minimum atomic E-state index is 0.889. The molecule has 1 aromatic heterocycles. The number of rotatable bonds is 7. The molecule has 0 aliphatic heterocycles. The van der Waals surface area contributed by atoms with Crippen molar-refractivity contribution in [2.45, 2.75) is 58.3 Å². The van der Waals surface area contributed by atoms with Crippen molar-refractivity contribution in [3.8, 4) is 0 Å². The first-order chi connectivity index (χ1) is 10.8. The van der Waals surface area contributed by atoms with E-state index in [2.05, 4.69) is 27.5 Å². The van der Waals surface area contributed by atoms with Gasteiger partial charge >= 0.3 is 0 Å². The highest BCUT2D eigenvalue weighted by Crippen LogP contribution is 2.25. The van der Waals surface area contributed by atoms with Crippen LogP contribution in [0.4, 0.5) is 0 Å². The van der Waals surface area contributed by atoms with Gasteiger partial charge in [-0.25, -0.2) is 4.98 Å². The molecule has 0 spiro atoms. The van der Waals surface area contributed by atoms with E-state index in [1.54, 1.807) is 0 Å². The van der Waals surface area contributed by atoms with Crippen LogP contribution >= 0.6 is 11.3 Å². The molecular formula is C17H30N4S. The van der Waals surface area contributed by atoms with Crippen LogP contribution < -0.4 is 10.6 Å². The van der Waals surface area contributed by atoms with E-state index >= 15 is 0 Å². The Morgan fingerprint density at radius 1 is 1.27 bits per heavy atom. The third kappa shape index (κ3) is 5.95. The number of thiazole rings is 1. The van der Waals surface area contributed by atoms with Crippen LogP contribution in [-0.2, 0) is 12.8 Å². The number of guanidine groups is 1. The summed E-state index contributed by atoms with van der Waals surface area (Å²) in [5.41, 5.74) is 0. The van der Waals surface area contributed by atoms with Crippen molar-refractivity contribution in [3.63, 3.8) is 0 Å². The molecule has 2 N–H and O–H groups in total. The number of nitrogens with one attached hydrogen (secondary N) is 2. The smallest absolute Gasteiger partial charge is 0.190 e. The molecule has 0 atom stereocenters. The van der Waals surface area contributed by atoms with E-state index in [4.69, 9.17) is 0 Å². The van der Waals surface area contributed by atoms with Crippen LogP contribution in [0.25, 0.3) is 0 Å². The lowest BCUT2D eigenvalue weighted by molar-refractivity contribution is 0.339. The summed E-state index contributed by atoms with van der Waals surface area (Å²) in [6, 6.07) is 0. The molecule has 5 heteroatoms. The van der Waals surface area contributed by atoms with Gasteiger partial charge < -0.3 is 10.6 Å². The van der Waals surface area contributed by atoms with Gasteiger partial charge in [0, 0.05) is 37.6 Å². The number of hydrogen-bond acceptors (Lipinski definition) is 3. The maximum Gasteiger partial charge on any atom is 0.190 e. The van der Waals surface area contributed by atoms with Gasteiger partial charge in [0.1, 0.15) is 0 Å². The summed E-state index contributed by atoms with van der Waals surface area (Å²) in [5.74, 6) is 1.84. The Hall–Kier alpha value is -1.10. The number of aryl methyl sites for hydroxylation is 1. The van der Waals surface area contributed by atoms with Gasteiger partial charge in [-0.1, -0.05) is 39.0 Å². The van der Waals surface area contributed by atoms with Crippen LogP contribution in [0, 0.1) is 5.92 Å². The summed E-state index contributed by atoms with van der Waals surface area (Å²) in [6.45, 7) is 4.09. The molecule has 2 rings (SSSR count). The van der Waals surface area contributed by atoms with Crippen LogP contribution in [0.15, 0.2) is 11.2 Å². The van der Waals surface area contributed by atoms with Crippen LogP contribution in [0.1, 0.15) is 55.3 Å². The second kappa shape index (κ2) is 9.82. The Kier molecular flexibility index (Phi) is 7.71. The molecule has 1 saturated carbocycles. The highest BCUT2D eigenvalue weighted by molar-refractivity contribution is 7.11. The molecule has 1 aliphatic carbocycles. The quantitative estimate of drug-likeness (QED) is 0.597. The Labute approximate surface area is 138 Å². The van der Waals surface area contributed by atoms with E-state index in [-0.39, 0.29) is 0 Å². The van der Waals surface area contributed by atoms with Crippen molar-refractivity contribution in [1.29, 1.82) is 0 Å². The molecule has 0 saturated heterocycles. The molecule has 0 aromatic carbocycles. The lowest BCUT2D eigenvalue weighted by atomic mass is 9.87. The zero-order valence-corrected chi connectivity index (χ0v) is 14.8. The van der Waals surface area contributed by atoms with Gasteiger partial charge in [-0.05, 0) is 18.8 Å². The van der Waals surface area contributed by atoms with Gasteiger partial charge in [-0.2, -0.15) is 0 Å². The van der Waals surface area contributed by atoms with E-state index in [0.717, 1.165) is 37.8 Å². The minimum Gasteiger partial charge on any atom is -0.356 e. The highest BCUT2D eigenvalue weighted by Gasteiger charge is 2.12. The van der Waals surface area contributed by atoms with Crippen LogP contribution in [-0.4, -0.2) is 31.1 Å². The van der Waals surface area contributed by atoms with Gasteiger partial charge in [0.2, 0.25) is 0 Å². The molecule has 22 heavy (non-hydrogen) atoms. The summed E-state index contributed by atoms with van der Waals surface area (Å²) in [4.78, 5) is 10.1. The number of hydrogen-bond donors (Lipinski definition) is 2. The molecule has 0 radical (unpaired) electrons. The van der Waals surface area contributed by atoms with E-state index in [1.165, 1.54) is 48.4 Å². The molecule has 0 unspecified atom stereocenters. The third-order valence-corrected chi connectivity index (χ3v) is 5.58. The highest BCUT2D eigenvalue weighted by atomic mass is 32.1. The van der Waals surface area contributed by atoms with E-state index in [0.29, 0.717) is 0 Å². The summed E-state index contributed by atoms with van der Waals surface area (Å²) in [6.07, 6.45) is 12.4. The summed E-state index contributed by atoms with van der Waals surface area (Å²) < 4.78 is 0. The zero-order chi connectivity index (χ0) is 15.6. The summed E-state index contributed by atoms with van der Waals surface area (Å²) >= 11 is 1.82. The number of nitrogens with zero attached hydrogens (tertiary/aromatic N) is 2. The van der Waals surface area contributed by atoms with Gasteiger partial charge in [-0.15, -0.1) is 11.3 Å². The number of aromatic nitrogens is 1. The monoisotopic (exact) mass is 322 g/mol. The standard InChI is InChI=1S/C17H30N4S/c1-3-15-13-21-16(22-15)10-12-20-17(18-2)19-11-9-14-7-5-4-6-8-14/h13-14H,3-12H2,1-2H3,(H2,18,19,20). The molecule has 0 bridgehead atoms. The van der Waals surface area contributed by atoms with Crippen LogP contribution in [0.2, 0.25) is 0 Å². The average molecular weight is 323 g/mol. The van der Waals surface area contributed by atoms with E-state index in [1.807, 2.05) is 24.6 Å². The fraction of sp³-hybridized carbons (Fsp3) is 0.765. The molecule has 4 nitrogen and oxygen atoms in total. The Morgan fingerprint density at radius 3 is 2.73 bits per heavy atom. The zero-order valence-electron chi connectivity index (χ0n) is 14.0. The fourth-order valence-corrected chi connectivity index (χ4v) is 3.87. The van der Waals surface area contributed by atoms with Crippen LogP contribution in [0.3, 0.4) is 0 Å². The molecule has 1 aliphatic rings. The lowest BCUT2D eigenvalue weighted by Gasteiger charge is -2.22. The SMILES string of the molecule is CCc1cnc(CCNC(=NC)NCCC2CCCCC2)s1. The average Bonchev–Trinajstić information content (AvgIpc) is 3.02. The summed E-state index contributed by atoms with van der Waals surface area (Å²) in [7, 11) is 1.84. The topological polar surface area (TPSA) is 49.3 Å². The second-order valence-electron chi connectivity index (χ2n) is 6.04. The molecule has 1 heterocycles. The lowest BCUT2D eigenvalue weighted by Crippen LogP contribution is -2.39. The maximum atomic E-state index is 4.45. The predicted octanol–water partition coefficient (Wildman–Crippen LogP) is 3.38. The van der Waals surface area contributed by atoms with Gasteiger partial charge in [-0.3, -0.25) is 4.99 Å². The molecule has 124 valence electrons. The molecule has 1 aromatic rings. The third-order valence-electron chi connectivity index (χ3n) is 4.37. The van der Waals surface area contributed by atoms with Gasteiger partial charge in [0.05, 0.1) is 5.01 Å². The first-order valence-electron chi connectivity index (χ1n) is 8.70. The minimum absolute atomic E-state index is 0.889. The first-order valence-corrected chi connectivity index (χ1v) is 9.51. The van der Waals surface area contributed by atoms with Crippen molar-refractivity contribution in [2.75, 3.05) is 20.1 Å². The van der Waals surface area contributed by atoms with E-state index in [9.17, 15) is 0 Å². The Bertz CT molecular complexity index is 449. The molecule has 1 fully saturated rings. The normalized spacial score (nSPS) is 16.7. The fourth-order valence-electron chi connectivity index (χ4n) is 3.01. The van der Waals surface area contributed by atoms with Crippen molar-refractivity contribution >= 4 is 17.3 Å². The van der Waals surface area contributed by atoms with Crippen molar-refractivity contribution < 1.29 is 0 Å². The molecule has 0 amide bonds. The van der Waals surface area contributed by atoms with Crippen molar-refractivity contribution in [1.82, 2.24) is 15.6 Å². The Morgan fingerprint density at radius 2 is 2.05 bits per heavy atom. The maximum absolute atomic E-state index is 4.45.